The van der Waals surface area contributed by atoms with Crippen LogP contribution in [0.1, 0.15) is 18.4 Å². The van der Waals surface area contributed by atoms with Crippen molar-refractivity contribution in [1.82, 2.24) is 5.32 Å². The molecule has 1 fully saturated rings. The highest BCUT2D eigenvalue weighted by molar-refractivity contribution is 5.80. The molecule has 3 heteroatoms. The van der Waals surface area contributed by atoms with Crippen molar-refractivity contribution in [3.63, 3.8) is 0 Å². The van der Waals surface area contributed by atoms with Crippen molar-refractivity contribution in [2.24, 2.45) is 11.8 Å². The third-order valence-corrected chi connectivity index (χ3v) is 3.47. The molecule has 1 aromatic rings. The first-order chi connectivity index (χ1) is 8.33. The third kappa shape index (κ3) is 2.43. The fraction of sp³-hybridized carbons (Fsp3) is 0.500. The summed E-state index contributed by atoms with van der Waals surface area (Å²) < 4.78 is 5.69. The Morgan fingerprint density at radius 3 is 3.00 bits per heavy atom. The number of carbonyl (C=O) groups is 1. The Bertz CT molecular complexity index is 426. The first-order valence-corrected chi connectivity index (χ1v) is 6.31. The van der Waals surface area contributed by atoms with Crippen molar-refractivity contribution in [1.29, 1.82) is 0 Å². The normalized spacial score (nSPS) is 22.5. The number of hydrogen-bond donors (Lipinski definition) is 1. The quantitative estimate of drug-likeness (QED) is 0.861. The summed E-state index contributed by atoms with van der Waals surface area (Å²) in [4.78, 5) is 11.5. The first kappa shape index (κ1) is 10.6. The van der Waals surface area contributed by atoms with Crippen molar-refractivity contribution in [2.75, 3.05) is 13.2 Å². The molecule has 17 heavy (non-hydrogen) atoms. The van der Waals surface area contributed by atoms with E-state index in [1.165, 1.54) is 5.56 Å². The van der Waals surface area contributed by atoms with Crippen molar-refractivity contribution < 1.29 is 9.53 Å². The number of carbonyl (C=O) groups excluding carboxylic acids is 1. The highest BCUT2D eigenvalue weighted by atomic mass is 16.5. The van der Waals surface area contributed by atoms with Gasteiger partial charge in [0, 0.05) is 18.4 Å². The molecule has 0 radical (unpaired) electrons. The SMILES string of the molecule is O=C(NCC1COc2ccccc2C1)C1CC1. The molecule has 1 aromatic carbocycles. The summed E-state index contributed by atoms with van der Waals surface area (Å²) in [5, 5.41) is 3.03. The lowest BCUT2D eigenvalue weighted by Crippen LogP contribution is -2.35. The zero-order valence-electron chi connectivity index (χ0n) is 9.82. The van der Waals surface area contributed by atoms with E-state index in [4.69, 9.17) is 4.74 Å². The van der Waals surface area contributed by atoms with Crippen LogP contribution in [-0.4, -0.2) is 19.1 Å². The van der Waals surface area contributed by atoms with Crippen molar-refractivity contribution in [3.8, 4) is 5.75 Å². The first-order valence-electron chi connectivity index (χ1n) is 6.31. The van der Waals surface area contributed by atoms with E-state index < -0.39 is 0 Å². The fourth-order valence-electron chi connectivity index (χ4n) is 2.26. The van der Waals surface area contributed by atoms with Gasteiger partial charge in [-0.3, -0.25) is 4.79 Å². The smallest absolute Gasteiger partial charge is 0.223 e. The molecule has 1 saturated carbocycles. The topological polar surface area (TPSA) is 38.3 Å². The van der Waals surface area contributed by atoms with E-state index in [1.807, 2.05) is 18.2 Å². The summed E-state index contributed by atoms with van der Waals surface area (Å²) in [6.07, 6.45) is 3.13. The predicted molar refractivity (Wildman–Crippen MR) is 64.9 cm³/mol. The third-order valence-electron chi connectivity index (χ3n) is 3.47. The monoisotopic (exact) mass is 231 g/mol. The maximum atomic E-state index is 11.5. The fourth-order valence-corrected chi connectivity index (χ4v) is 2.26. The summed E-state index contributed by atoms with van der Waals surface area (Å²) in [7, 11) is 0. The van der Waals surface area contributed by atoms with E-state index in [0.29, 0.717) is 18.4 Å². The Hall–Kier alpha value is -1.51. The Balaban J connectivity index is 1.55. The maximum absolute atomic E-state index is 11.5. The zero-order chi connectivity index (χ0) is 11.7. The summed E-state index contributed by atoms with van der Waals surface area (Å²) in [6.45, 7) is 1.45. The van der Waals surface area contributed by atoms with Gasteiger partial charge in [-0.2, -0.15) is 0 Å². The minimum atomic E-state index is 0.226. The molecule has 1 aliphatic carbocycles. The van der Waals surface area contributed by atoms with Gasteiger partial charge < -0.3 is 10.1 Å². The van der Waals surface area contributed by atoms with Gasteiger partial charge in [-0.05, 0) is 30.9 Å². The molecule has 0 bridgehead atoms. The molecule has 2 aliphatic rings. The van der Waals surface area contributed by atoms with Crippen molar-refractivity contribution in [3.05, 3.63) is 29.8 Å². The molecule has 1 unspecified atom stereocenters. The van der Waals surface area contributed by atoms with Crippen LogP contribution < -0.4 is 10.1 Å². The van der Waals surface area contributed by atoms with Crippen LogP contribution in [-0.2, 0) is 11.2 Å². The van der Waals surface area contributed by atoms with Gasteiger partial charge in [-0.15, -0.1) is 0 Å². The second kappa shape index (κ2) is 4.40. The molecule has 1 aliphatic heterocycles. The Labute approximate surface area is 101 Å². The Morgan fingerprint density at radius 2 is 2.18 bits per heavy atom. The lowest BCUT2D eigenvalue weighted by molar-refractivity contribution is -0.122. The molecular weight excluding hydrogens is 214 g/mol. The molecular formula is C14H17NO2. The molecule has 1 N–H and O–H groups in total. The van der Waals surface area contributed by atoms with Crippen molar-refractivity contribution in [2.45, 2.75) is 19.3 Å². The number of ether oxygens (including phenoxy) is 1. The average Bonchev–Trinajstić information content (AvgIpc) is 3.20. The number of rotatable bonds is 3. The second-order valence-corrected chi connectivity index (χ2v) is 5.01. The Morgan fingerprint density at radius 1 is 1.35 bits per heavy atom. The molecule has 1 heterocycles. The Kier molecular flexibility index (Phi) is 2.75. The van der Waals surface area contributed by atoms with Gasteiger partial charge in [-0.25, -0.2) is 0 Å². The molecule has 3 rings (SSSR count). The number of amides is 1. The van der Waals surface area contributed by atoms with Gasteiger partial charge in [0.25, 0.3) is 0 Å². The van der Waals surface area contributed by atoms with E-state index in [0.717, 1.165) is 31.6 Å². The van der Waals surface area contributed by atoms with Gasteiger partial charge in [0.2, 0.25) is 5.91 Å². The van der Waals surface area contributed by atoms with Crippen LogP contribution in [0.25, 0.3) is 0 Å². The van der Waals surface area contributed by atoms with Gasteiger partial charge in [0.15, 0.2) is 0 Å². The van der Waals surface area contributed by atoms with E-state index in [2.05, 4.69) is 11.4 Å². The van der Waals surface area contributed by atoms with E-state index in [9.17, 15) is 4.79 Å². The molecule has 3 nitrogen and oxygen atoms in total. The van der Waals surface area contributed by atoms with Gasteiger partial charge in [0.05, 0.1) is 6.61 Å². The molecule has 1 atom stereocenters. The molecule has 1 amide bonds. The van der Waals surface area contributed by atoms with E-state index >= 15 is 0 Å². The highest BCUT2D eigenvalue weighted by Gasteiger charge is 2.30. The van der Waals surface area contributed by atoms with Crippen LogP contribution in [0.15, 0.2) is 24.3 Å². The number of fused-ring (bicyclic) bond motifs is 1. The number of para-hydroxylation sites is 1. The number of hydrogen-bond acceptors (Lipinski definition) is 2. The van der Waals surface area contributed by atoms with Crippen LogP contribution in [0.2, 0.25) is 0 Å². The summed E-state index contributed by atoms with van der Waals surface area (Å²) >= 11 is 0. The van der Waals surface area contributed by atoms with E-state index in [-0.39, 0.29) is 5.91 Å². The van der Waals surface area contributed by atoms with Crippen LogP contribution in [0, 0.1) is 11.8 Å². The number of benzene rings is 1. The zero-order valence-corrected chi connectivity index (χ0v) is 9.82. The van der Waals surface area contributed by atoms with Crippen LogP contribution >= 0.6 is 0 Å². The minimum Gasteiger partial charge on any atom is -0.493 e. The lowest BCUT2D eigenvalue weighted by Gasteiger charge is -2.25. The maximum Gasteiger partial charge on any atom is 0.223 e. The average molecular weight is 231 g/mol. The lowest BCUT2D eigenvalue weighted by atomic mass is 9.97. The standard InChI is InChI=1S/C14H17NO2/c16-14(11-5-6-11)15-8-10-7-12-3-1-2-4-13(12)17-9-10/h1-4,10-11H,5-9H2,(H,15,16). The summed E-state index contributed by atoms with van der Waals surface area (Å²) in [6, 6.07) is 8.14. The molecule has 90 valence electrons. The summed E-state index contributed by atoms with van der Waals surface area (Å²) in [5.74, 6) is 1.93. The largest absolute Gasteiger partial charge is 0.493 e. The van der Waals surface area contributed by atoms with E-state index in [1.54, 1.807) is 0 Å². The van der Waals surface area contributed by atoms with Crippen LogP contribution in [0.5, 0.6) is 5.75 Å². The van der Waals surface area contributed by atoms with Crippen molar-refractivity contribution >= 4 is 5.91 Å². The molecule has 0 saturated heterocycles. The van der Waals surface area contributed by atoms with Gasteiger partial charge >= 0.3 is 0 Å². The second-order valence-electron chi connectivity index (χ2n) is 5.01. The molecule has 0 spiro atoms. The number of nitrogens with one attached hydrogen (secondary N) is 1. The van der Waals surface area contributed by atoms with Gasteiger partial charge in [-0.1, -0.05) is 18.2 Å². The summed E-state index contributed by atoms with van der Waals surface area (Å²) in [5.41, 5.74) is 1.25. The van der Waals surface area contributed by atoms with Crippen LogP contribution in [0.3, 0.4) is 0 Å². The highest BCUT2D eigenvalue weighted by Crippen LogP contribution is 2.29. The van der Waals surface area contributed by atoms with Crippen LogP contribution in [0.4, 0.5) is 0 Å². The minimum absolute atomic E-state index is 0.226. The molecule has 0 aromatic heterocycles. The van der Waals surface area contributed by atoms with Gasteiger partial charge in [0.1, 0.15) is 5.75 Å². The predicted octanol–water partition coefficient (Wildman–Crippen LogP) is 1.76.